The topological polar surface area (TPSA) is 57.7 Å². The molecule has 0 bridgehead atoms. The van der Waals surface area contributed by atoms with Crippen molar-refractivity contribution in [2.24, 2.45) is 0 Å². The Morgan fingerprint density at radius 3 is 2.37 bits per heavy atom. The fourth-order valence-electron chi connectivity index (χ4n) is 3.09. The van der Waals surface area contributed by atoms with E-state index >= 15 is 0 Å². The number of pyridine rings is 1. The predicted octanol–water partition coefficient (Wildman–Crippen LogP) is 4.06. The number of rotatable bonds is 3. The molecule has 0 saturated carbocycles. The minimum atomic E-state index is -0.519. The van der Waals surface area contributed by atoms with E-state index in [1.807, 2.05) is 32.9 Å². The summed E-state index contributed by atoms with van der Waals surface area (Å²) in [5.41, 5.74) is 2.67. The van der Waals surface area contributed by atoms with Crippen LogP contribution in [-0.2, 0) is 4.74 Å². The molecule has 1 aliphatic heterocycles. The summed E-state index contributed by atoms with van der Waals surface area (Å²) in [6.07, 6.45) is 1.20. The lowest BCUT2D eigenvalue weighted by Crippen LogP contribution is -2.46. The molecule has 6 nitrogen and oxygen atoms in total. The van der Waals surface area contributed by atoms with Gasteiger partial charge in [-0.1, -0.05) is 12.1 Å². The lowest BCUT2D eigenvalue weighted by Gasteiger charge is -2.36. The van der Waals surface area contributed by atoms with Crippen LogP contribution in [0.3, 0.4) is 0 Å². The molecule has 0 spiro atoms. The lowest BCUT2D eigenvalue weighted by molar-refractivity contribution is 0.0636. The number of piperazine rings is 1. The van der Waals surface area contributed by atoms with Gasteiger partial charge in [-0.25, -0.2) is 9.78 Å². The van der Waals surface area contributed by atoms with Gasteiger partial charge < -0.3 is 14.5 Å². The van der Waals surface area contributed by atoms with Crippen LogP contribution in [0, 0.1) is 6.92 Å². The molecule has 144 valence electrons. The number of nitrogens with one attached hydrogen (secondary N) is 1. The quantitative estimate of drug-likeness (QED) is 0.885. The van der Waals surface area contributed by atoms with E-state index in [9.17, 15) is 4.79 Å². The van der Waals surface area contributed by atoms with Crippen molar-refractivity contribution in [3.05, 3.63) is 48.2 Å². The molecule has 1 N–H and O–H groups in total. The summed E-state index contributed by atoms with van der Waals surface area (Å²) in [7, 11) is 0. The van der Waals surface area contributed by atoms with E-state index < -0.39 is 11.7 Å². The first kappa shape index (κ1) is 19.0. The van der Waals surface area contributed by atoms with Gasteiger partial charge in [-0.15, -0.1) is 0 Å². The van der Waals surface area contributed by atoms with Crippen LogP contribution in [0.15, 0.2) is 42.6 Å². The minimum Gasteiger partial charge on any atom is -0.444 e. The van der Waals surface area contributed by atoms with Gasteiger partial charge in [0.2, 0.25) is 0 Å². The Morgan fingerprint density at radius 1 is 1.07 bits per heavy atom. The number of anilines is 3. The monoisotopic (exact) mass is 368 g/mol. The standard InChI is InChI=1S/C21H28N4O2/c1-16-6-5-7-18(14-16)24-10-12-25(13-11-24)19-9-8-17(15-22-19)23-20(26)27-21(2,3)4/h5-9,14-15H,10-13H2,1-4H3,(H,23,26). The first-order valence-electron chi connectivity index (χ1n) is 9.33. The molecule has 1 amide bonds. The van der Waals surface area contributed by atoms with Crippen molar-refractivity contribution in [3.63, 3.8) is 0 Å². The van der Waals surface area contributed by atoms with Crippen LogP contribution in [0.2, 0.25) is 0 Å². The van der Waals surface area contributed by atoms with Crippen molar-refractivity contribution < 1.29 is 9.53 Å². The average Bonchev–Trinajstić information content (AvgIpc) is 2.61. The molecule has 0 radical (unpaired) electrons. The Hall–Kier alpha value is -2.76. The number of carbonyl (C=O) groups excluding carboxylic acids is 1. The molecular formula is C21H28N4O2. The van der Waals surface area contributed by atoms with Gasteiger partial charge in [0.1, 0.15) is 11.4 Å². The molecule has 2 aromatic rings. The highest BCUT2D eigenvalue weighted by molar-refractivity contribution is 5.84. The SMILES string of the molecule is Cc1cccc(N2CCN(c3ccc(NC(=O)OC(C)(C)C)cn3)CC2)c1. The zero-order chi connectivity index (χ0) is 19.4. The number of hydrogen-bond acceptors (Lipinski definition) is 5. The number of amides is 1. The molecule has 2 heterocycles. The predicted molar refractivity (Wildman–Crippen MR) is 110 cm³/mol. The molecule has 27 heavy (non-hydrogen) atoms. The van der Waals surface area contributed by atoms with E-state index in [0.717, 1.165) is 32.0 Å². The van der Waals surface area contributed by atoms with Crippen molar-refractivity contribution in [2.45, 2.75) is 33.3 Å². The van der Waals surface area contributed by atoms with Crippen LogP contribution in [-0.4, -0.2) is 42.9 Å². The molecule has 6 heteroatoms. The van der Waals surface area contributed by atoms with Gasteiger partial charge in [-0.3, -0.25) is 5.32 Å². The average molecular weight is 368 g/mol. The van der Waals surface area contributed by atoms with Gasteiger partial charge in [0, 0.05) is 31.9 Å². The zero-order valence-electron chi connectivity index (χ0n) is 16.5. The third kappa shape index (κ3) is 5.36. The largest absolute Gasteiger partial charge is 0.444 e. The normalized spacial score (nSPS) is 14.8. The van der Waals surface area contributed by atoms with Gasteiger partial charge in [0.05, 0.1) is 11.9 Å². The van der Waals surface area contributed by atoms with Crippen LogP contribution in [0.4, 0.5) is 22.0 Å². The summed E-state index contributed by atoms with van der Waals surface area (Å²) in [6, 6.07) is 12.4. The molecule has 3 rings (SSSR count). The summed E-state index contributed by atoms with van der Waals surface area (Å²) in [6.45, 7) is 11.4. The summed E-state index contributed by atoms with van der Waals surface area (Å²) in [4.78, 5) is 21.0. The molecule has 1 aliphatic rings. The molecule has 0 unspecified atom stereocenters. The Balaban J connectivity index is 1.55. The molecule has 1 fully saturated rings. The van der Waals surface area contributed by atoms with Crippen molar-refractivity contribution in [3.8, 4) is 0 Å². The van der Waals surface area contributed by atoms with Gasteiger partial charge in [0.15, 0.2) is 0 Å². The third-order valence-corrected chi connectivity index (χ3v) is 4.36. The zero-order valence-corrected chi connectivity index (χ0v) is 16.5. The van der Waals surface area contributed by atoms with Crippen LogP contribution >= 0.6 is 0 Å². The van der Waals surface area contributed by atoms with E-state index in [-0.39, 0.29) is 0 Å². The Morgan fingerprint density at radius 2 is 1.78 bits per heavy atom. The van der Waals surface area contributed by atoms with Crippen LogP contribution in [0.5, 0.6) is 0 Å². The van der Waals surface area contributed by atoms with E-state index in [2.05, 4.69) is 51.3 Å². The second kappa shape index (κ2) is 7.86. The maximum absolute atomic E-state index is 11.8. The number of carbonyl (C=O) groups is 1. The van der Waals surface area contributed by atoms with Crippen molar-refractivity contribution in [1.29, 1.82) is 0 Å². The second-order valence-electron chi connectivity index (χ2n) is 7.85. The number of ether oxygens (including phenoxy) is 1. The van der Waals surface area contributed by atoms with E-state index in [1.165, 1.54) is 11.3 Å². The fourth-order valence-corrected chi connectivity index (χ4v) is 3.09. The number of nitrogens with zero attached hydrogens (tertiary/aromatic N) is 3. The van der Waals surface area contributed by atoms with Gasteiger partial charge >= 0.3 is 6.09 Å². The van der Waals surface area contributed by atoms with Crippen LogP contribution in [0.25, 0.3) is 0 Å². The van der Waals surface area contributed by atoms with Crippen LogP contribution < -0.4 is 15.1 Å². The number of aromatic nitrogens is 1. The first-order chi connectivity index (χ1) is 12.8. The maximum Gasteiger partial charge on any atom is 0.412 e. The van der Waals surface area contributed by atoms with Gasteiger partial charge in [0.25, 0.3) is 0 Å². The number of hydrogen-bond donors (Lipinski definition) is 1. The molecule has 1 saturated heterocycles. The Kier molecular flexibility index (Phi) is 5.54. The van der Waals surface area contributed by atoms with E-state index in [0.29, 0.717) is 5.69 Å². The molecular weight excluding hydrogens is 340 g/mol. The number of benzene rings is 1. The summed E-state index contributed by atoms with van der Waals surface area (Å²) < 4.78 is 5.26. The van der Waals surface area contributed by atoms with Crippen LogP contribution in [0.1, 0.15) is 26.3 Å². The lowest BCUT2D eigenvalue weighted by atomic mass is 10.2. The fraction of sp³-hybridized carbons (Fsp3) is 0.429. The highest BCUT2D eigenvalue weighted by Crippen LogP contribution is 2.21. The highest BCUT2D eigenvalue weighted by atomic mass is 16.6. The molecule has 1 aromatic heterocycles. The second-order valence-corrected chi connectivity index (χ2v) is 7.85. The molecule has 0 atom stereocenters. The first-order valence-corrected chi connectivity index (χ1v) is 9.33. The smallest absolute Gasteiger partial charge is 0.412 e. The third-order valence-electron chi connectivity index (χ3n) is 4.36. The highest BCUT2D eigenvalue weighted by Gasteiger charge is 2.19. The number of aryl methyl sites for hydroxylation is 1. The molecule has 0 aliphatic carbocycles. The summed E-state index contributed by atoms with van der Waals surface area (Å²) in [5.74, 6) is 0.925. The summed E-state index contributed by atoms with van der Waals surface area (Å²) >= 11 is 0. The van der Waals surface area contributed by atoms with E-state index in [1.54, 1.807) is 6.20 Å². The van der Waals surface area contributed by atoms with Crippen molar-refractivity contribution >= 4 is 23.3 Å². The van der Waals surface area contributed by atoms with Gasteiger partial charge in [-0.2, -0.15) is 0 Å². The van der Waals surface area contributed by atoms with E-state index in [4.69, 9.17) is 4.74 Å². The Bertz CT molecular complexity index is 776. The van der Waals surface area contributed by atoms with Crippen molar-refractivity contribution in [2.75, 3.05) is 41.3 Å². The minimum absolute atomic E-state index is 0.469. The maximum atomic E-state index is 11.8. The molecule has 1 aromatic carbocycles. The summed E-state index contributed by atoms with van der Waals surface area (Å²) in [5, 5.41) is 2.71. The Labute approximate surface area is 161 Å². The van der Waals surface area contributed by atoms with Gasteiger partial charge in [-0.05, 0) is 57.5 Å². The van der Waals surface area contributed by atoms with Crippen molar-refractivity contribution in [1.82, 2.24) is 4.98 Å².